The second kappa shape index (κ2) is 2.02. The number of hydrogen-bond donors (Lipinski definition) is 0. The summed E-state index contributed by atoms with van der Waals surface area (Å²) < 4.78 is 11.4. The van der Waals surface area contributed by atoms with E-state index in [2.05, 4.69) is 15.9 Å². The van der Waals surface area contributed by atoms with Gasteiger partial charge in [0.1, 0.15) is 0 Å². The molecule has 0 saturated carbocycles. The molecule has 0 nitrogen and oxygen atoms in total. The summed E-state index contributed by atoms with van der Waals surface area (Å²) in [5, 5.41) is 0. The van der Waals surface area contributed by atoms with Crippen molar-refractivity contribution in [3.63, 3.8) is 0 Å². The fourth-order valence-electron chi connectivity index (χ4n) is 0.568. The van der Waals surface area contributed by atoms with Crippen molar-refractivity contribution >= 4 is 15.9 Å². The van der Waals surface area contributed by atoms with Crippen molar-refractivity contribution in [3.05, 3.63) is 24.3 Å². The molecule has 0 radical (unpaired) electrons. The van der Waals surface area contributed by atoms with Gasteiger partial charge in [-0.15, -0.1) is 0 Å². The Balaban J connectivity index is 2.65. The van der Waals surface area contributed by atoms with Gasteiger partial charge in [0, 0.05) is 6.42 Å². The first kappa shape index (κ1) is 6.02. The first-order chi connectivity index (χ1) is 3.71. The van der Waals surface area contributed by atoms with Gasteiger partial charge in [0.25, 0.3) is 0 Å². The van der Waals surface area contributed by atoms with Crippen LogP contribution in [0.5, 0.6) is 0 Å². The first-order valence-electron chi connectivity index (χ1n) is 2.43. The molecule has 0 fully saturated rings. The average molecular weight is 177 g/mol. The highest BCUT2D eigenvalue weighted by Gasteiger charge is 2.20. The number of hydrogen-bond acceptors (Lipinski definition) is 0. The van der Waals surface area contributed by atoms with E-state index in [1.807, 2.05) is 6.08 Å². The van der Waals surface area contributed by atoms with Crippen LogP contribution in [0.25, 0.3) is 0 Å². The molecule has 1 rings (SSSR count). The maximum Gasteiger partial charge on any atom is 0.186 e. The van der Waals surface area contributed by atoms with Crippen LogP contribution in [0, 0.1) is 0 Å². The molecule has 1 atom stereocenters. The van der Waals surface area contributed by atoms with E-state index in [0.717, 1.165) is 0 Å². The van der Waals surface area contributed by atoms with E-state index < -0.39 is 4.58 Å². The van der Waals surface area contributed by atoms with Gasteiger partial charge in [-0.2, -0.15) is 0 Å². The molecule has 1 unspecified atom stereocenters. The van der Waals surface area contributed by atoms with Crippen molar-refractivity contribution in [2.75, 3.05) is 0 Å². The van der Waals surface area contributed by atoms with E-state index >= 15 is 0 Å². The third kappa shape index (κ3) is 1.44. The lowest BCUT2D eigenvalue weighted by molar-refractivity contribution is 0.367. The highest BCUT2D eigenvalue weighted by atomic mass is 79.9. The van der Waals surface area contributed by atoms with Gasteiger partial charge >= 0.3 is 0 Å². The smallest absolute Gasteiger partial charge is 0.186 e. The van der Waals surface area contributed by atoms with Crippen molar-refractivity contribution < 1.29 is 4.39 Å². The van der Waals surface area contributed by atoms with Gasteiger partial charge in [0.05, 0.1) is 0 Å². The number of rotatable bonds is 0. The molecule has 0 saturated heterocycles. The van der Waals surface area contributed by atoms with E-state index in [9.17, 15) is 4.39 Å². The molecule has 44 valence electrons. The van der Waals surface area contributed by atoms with Crippen molar-refractivity contribution in [2.45, 2.75) is 11.0 Å². The highest BCUT2D eigenvalue weighted by molar-refractivity contribution is 9.10. The molecular formula is C6H6BrF. The summed E-state index contributed by atoms with van der Waals surface area (Å²) >= 11 is 2.89. The lowest BCUT2D eigenvalue weighted by Crippen LogP contribution is -2.08. The van der Waals surface area contributed by atoms with Crippen LogP contribution < -0.4 is 0 Å². The van der Waals surface area contributed by atoms with E-state index in [0.29, 0.717) is 6.42 Å². The molecule has 0 spiro atoms. The van der Waals surface area contributed by atoms with Gasteiger partial charge in [-0.1, -0.05) is 18.2 Å². The minimum absolute atomic E-state index is 0.434. The van der Waals surface area contributed by atoms with Gasteiger partial charge in [-0.05, 0) is 22.0 Å². The highest BCUT2D eigenvalue weighted by Crippen LogP contribution is 2.28. The van der Waals surface area contributed by atoms with Crippen LogP contribution >= 0.6 is 15.9 Å². The molecule has 0 amide bonds. The monoisotopic (exact) mass is 176 g/mol. The molecule has 1 aliphatic carbocycles. The van der Waals surface area contributed by atoms with Crippen LogP contribution in [0.1, 0.15) is 6.42 Å². The molecule has 8 heavy (non-hydrogen) atoms. The van der Waals surface area contributed by atoms with Gasteiger partial charge in [-0.3, -0.25) is 0 Å². The molecule has 0 heterocycles. The van der Waals surface area contributed by atoms with E-state index in [4.69, 9.17) is 0 Å². The number of allylic oxidation sites excluding steroid dienone is 4. The molecular weight excluding hydrogens is 171 g/mol. The molecule has 0 bridgehead atoms. The molecule has 0 aromatic heterocycles. The Morgan fingerprint density at radius 1 is 1.50 bits per heavy atom. The summed E-state index contributed by atoms with van der Waals surface area (Å²) in [5.74, 6) is 0. The maximum absolute atomic E-state index is 12.6. The zero-order valence-electron chi connectivity index (χ0n) is 4.27. The third-order valence-electron chi connectivity index (χ3n) is 0.977. The van der Waals surface area contributed by atoms with E-state index in [1.165, 1.54) is 6.08 Å². The van der Waals surface area contributed by atoms with Gasteiger partial charge < -0.3 is 0 Å². The number of halogens is 2. The summed E-state index contributed by atoms with van der Waals surface area (Å²) in [7, 11) is 0. The fraction of sp³-hybridized carbons (Fsp3) is 0.333. The first-order valence-corrected chi connectivity index (χ1v) is 3.22. The Morgan fingerprint density at radius 3 is 2.50 bits per heavy atom. The van der Waals surface area contributed by atoms with Gasteiger partial charge in [-0.25, -0.2) is 4.39 Å². The molecule has 2 heteroatoms. The van der Waals surface area contributed by atoms with Crippen molar-refractivity contribution in [2.24, 2.45) is 0 Å². The fourth-order valence-corrected chi connectivity index (χ4v) is 0.908. The molecule has 0 aromatic rings. The molecule has 0 aliphatic heterocycles. The summed E-state index contributed by atoms with van der Waals surface area (Å²) in [6, 6.07) is 0. The predicted molar refractivity (Wildman–Crippen MR) is 35.7 cm³/mol. The van der Waals surface area contributed by atoms with Gasteiger partial charge in [0.15, 0.2) is 4.58 Å². The van der Waals surface area contributed by atoms with Crippen LogP contribution in [-0.2, 0) is 0 Å². The molecule has 0 N–H and O–H groups in total. The summed E-state index contributed by atoms with van der Waals surface area (Å²) in [5.41, 5.74) is 0. The minimum Gasteiger partial charge on any atom is -0.226 e. The Kier molecular flexibility index (Phi) is 1.52. The third-order valence-corrected chi connectivity index (χ3v) is 1.57. The van der Waals surface area contributed by atoms with Crippen LogP contribution in [0.2, 0.25) is 0 Å². The largest absolute Gasteiger partial charge is 0.226 e. The second-order valence-electron chi connectivity index (χ2n) is 1.75. The standard InChI is InChI=1S/C6H6BrF/c7-6(8)4-2-1-3-5-6/h1-4H,5H2. The minimum atomic E-state index is -1.28. The zero-order valence-corrected chi connectivity index (χ0v) is 5.86. The Morgan fingerprint density at radius 2 is 2.25 bits per heavy atom. The lowest BCUT2D eigenvalue weighted by Gasteiger charge is -2.11. The van der Waals surface area contributed by atoms with Crippen molar-refractivity contribution in [3.8, 4) is 0 Å². The number of alkyl halides is 2. The summed E-state index contributed by atoms with van der Waals surface area (Å²) in [6.07, 6.45) is 7.24. The normalized spacial score (nSPS) is 35.8. The van der Waals surface area contributed by atoms with E-state index in [1.54, 1.807) is 12.2 Å². The van der Waals surface area contributed by atoms with Crippen LogP contribution in [0.4, 0.5) is 4.39 Å². The maximum atomic E-state index is 12.6. The SMILES string of the molecule is FC1(Br)C=CC=CC1. The Labute approximate surface area is 56.2 Å². The Bertz CT molecular complexity index is 135. The quantitative estimate of drug-likeness (QED) is 0.498. The zero-order chi connectivity index (χ0) is 6.04. The van der Waals surface area contributed by atoms with Crippen LogP contribution in [0.3, 0.4) is 0 Å². The van der Waals surface area contributed by atoms with Crippen molar-refractivity contribution in [1.29, 1.82) is 0 Å². The average Bonchev–Trinajstić information content (AvgIpc) is 1.65. The predicted octanol–water partition coefficient (Wildman–Crippen LogP) is 2.56. The second-order valence-corrected chi connectivity index (χ2v) is 3.07. The van der Waals surface area contributed by atoms with Crippen LogP contribution in [0.15, 0.2) is 24.3 Å². The summed E-state index contributed by atoms with van der Waals surface area (Å²) in [6.45, 7) is 0. The Hall–Kier alpha value is -0.110. The topological polar surface area (TPSA) is 0 Å². The van der Waals surface area contributed by atoms with Crippen LogP contribution in [-0.4, -0.2) is 4.58 Å². The van der Waals surface area contributed by atoms with Gasteiger partial charge in [0.2, 0.25) is 0 Å². The van der Waals surface area contributed by atoms with Crippen molar-refractivity contribution in [1.82, 2.24) is 0 Å². The van der Waals surface area contributed by atoms with E-state index in [-0.39, 0.29) is 0 Å². The summed E-state index contributed by atoms with van der Waals surface area (Å²) in [4.78, 5) is 0. The molecule has 0 aromatic carbocycles. The molecule has 1 aliphatic rings. The lowest BCUT2D eigenvalue weighted by atomic mass is 10.2.